The lowest BCUT2D eigenvalue weighted by Crippen LogP contribution is -2.43. The SMILES string of the molecule is COc1ccc(CC(=O)NC2COc3ccccc3C2)cc1OC. The molecule has 0 saturated carbocycles. The molecule has 1 heterocycles. The third-order valence-electron chi connectivity index (χ3n) is 4.06. The van der Waals surface area contributed by atoms with Crippen LogP contribution in [0.4, 0.5) is 0 Å². The molecule has 24 heavy (non-hydrogen) atoms. The Kier molecular flexibility index (Phi) is 4.89. The summed E-state index contributed by atoms with van der Waals surface area (Å²) >= 11 is 0. The minimum absolute atomic E-state index is 0.00690. The molecule has 0 saturated heterocycles. The van der Waals surface area contributed by atoms with Crippen LogP contribution < -0.4 is 19.5 Å². The fourth-order valence-electron chi connectivity index (χ4n) is 2.88. The third kappa shape index (κ3) is 3.62. The van der Waals surface area contributed by atoms with Crippen LogP contribution in [-0.2, 0) is 17.6 Å². The van der Waals surface area contributed by atoms with E-state index in [0.29, 0.717) is 24.5 Å². The Bertz CT molecular complexity index is 729. The van der Waals surface area contributed by atoms with Crippen molar-refractivity contribution in [3.8, 4) is 17.2 Å². The van der Waals surface area contributed by atoms with Gasteiger partial charge in [0, 0.05) is 0 Å². The van der Waals surface area contributed by atoms with Crippen molar-refractivity contribution >= 4 is 5.91 Å². The van der Waals surface area contributed by atoms with Crippen LogP contribution >= 0.6 is 0 Å². The van der Waals surface area contributed by atoms with E-state index in [1.165, 1.54) is 0 Å². The van der Waals surface area contributed by atoms with E-state index in [-0.39, 0.29) is 11.9 Å². The number of nitrogens with one attached hydrogen (secondary N) is 1. The number of amides is 1. The molecule has 0 bridgehead atoms. The number of para-hydroxylation sites is 1. The van der Waals surface area contributed by atoms with Crippen molar-refractivity contribution in [1.29, 1.82) is 0 Å². The summed E-state index contributed by atoms with van der Waals surface area (Å²) in [5.74, 6) is 2.15. The summed E-state index contributed by atoms with van der Waals surface area (Å²) in [6.45, 7) is 0.495. The molecule has 0 aliphatic carbocycles. The van der Waals surface area contributed by atoms with E-state index < -0.39 is 0 Å². The molecular weight excluding hydrogens is 306 g/mol. The zero-order valence-electron chi connectivity index (χ0n) is 13.9. The fraction of sp³-hybridized carbons (Fsp3) is 0.316. The molecular formula is C19H21NO4. The van der Waals surface area contributed by atoms with Crippen LogP contribution in [-0.4, -0.2) is 32.8 Å². The molecule has 0 radical (unpaired) electrons. The van der Waals surface area contributed by atoms with E-state index in [2.05, 4.69) is 5.32 Å². The zero-order chi connectivity index (χ0) is 16.9. The Hall–Kier alpha value is -2.69. The molecule has 1 N–H and O–H groups in total. The van der Waals surface area contributed by atoms with E-state index in [0.717, 1.165) is 23.3 Å². The van der Waals surface area contributed by atoms with E-state index in [1.807, 2.05) is 36.4 Å². The van der Waals surface area contributed by atoms with Gasteiger partial charge in [0.1, 0.15) is 12.4 Å². The number of carbonyl (C=O) groups excluding carboxylic acids is 1. The van der Waals surface area contributed by atoms with Crippen molar-refractivity contribution in [3.63, 3.8) is 0 Å². The number of rotatable bonds is 5. The molecule has 1 unspecified atom stereocenters. The van der Waals surface area contributed by atoms with E-state index in [9.17, 15) is 4.79 Å². The molecule has 1 amide bonds. The van der Waals surface area contributed by atoms with Gasteiger partial charge in [-0.3, -0.25) is 4.79 Å². The van der Waals surface area contributed by atoms with Gasteiger partial charge in [0.05, 0.1) is 26.7 Å². The number of hydrogen-bond acceptors (Lipinski definition) is 4. The number of benzene rings is 2. The van der Waals surface area contributed by atoms with Crippen LogP contribution in [0.1, 0.15) is 11.1 Å². The second kappa shape index (κ2) is 7.25. The van der Waals surface area contributed by atoms with Crippen LogP contribution in [0.3, 0.4) is 0 Å². The summed E-state index contributed by atoms with van der Waals surface area (Å²) in [7, 11) is 3.17. The molecule has 0 spiro atoms. The first kappa shape index (κ1) is 16.2. The Morgan fingerprint density at radius 2 is 1.96 bits per heavy atom. The van der Waals surface area contributed by atoms with E-state index >= 15 is 0 Å². The summed E-state index contributed by atoms with van der Waals surface area (Å²) in [4.78, 5) is 12.3. The van der Waals surface area contributed by atoms with Crippen molar-refractivity contribution in [2.24, 2.45) is 0 Å². The molecule has 5 nitrogen and oxygen atoms in total. The van der Waals surface area contributed by atoms with E-state index in [4.69, 9.17) is 14.2 Å². The maximum absolute atomic E-state index is 12.3. The minimum Gasteiger partial charge on any atom is -0.493 e. The first-order valence-electron chi connectivity index (χ1n) is 7.90. The average Bonchev–Trinajstić information content (AvgIpc) is 2.61. The minimum atomic E-state index is -0.0322. The van der Waals surface area contributed by atoms with Crippen molar-refractivity contribution in [1.82, 2.24) is 5.32 Å². The van der Waals surface area contributed by atoms with Crippen LogP contribution in [0.15, 0.2) is 42.5 Å². The second-order valence-electron chi connectivity index (χ2n) is 5.75. The third-order valence-corrected chi connectivity index (χ3v) is 4.06. The van der Waals surface area contributed by atoms with Crippen molar-refractivity contribution in [2.45, 2.75) is 18.9 Å². The standard InChI is InChI=1S/C19H21NO4/c1-22-17-8-7-13(9-18(17)23-2)10-19(21)20-15-11-14-5-3-4-6-16(14)24-12-15/h3-9,15H,10-12H2,1-2H3,(H,20,21). The first-order valence-corrected chi connectivity index (χ1v) is 7.90. The molecule has 0 aromatic heterocycles. The highest BCUT2D eigenvalue weighted by atomic mass is 16.5. The van der Waals surface area contributed by atoms with Gasteiger partial charge in [0.15, 0.2) is 11.5 Å². The van der Waals surface area contributed by atoms with Gasteiger partial charge in [-0.2, -0.15) is 0 Å². The summed E-state index contributed by atoms with van der Waals surface area (Å²) in [5.41, 5.74) is 2.00. The van der Waals surface area contributed by atoms with Gasteiger partial charge < -0.3 is 19.5 Å². The maximum Gasteiger partial charge on any atom is 0.224 e. The van der Waals surface area contributed by atoms with Crippen molar-refractivity contribution in [2.75, 3.05) is 20.8 Å². The Morgan fingerprint density at radius 3 is 2.75 bits per heavy atom. The molecule has 1 atom stereocenters. The van der Waals surface area contributed by atoms with Crippen molar-refractivity contribution < 1.29 is 19.0 Å². The number of hydrogen-bond donors (Lipinski definition) is 1. The Morgan fingerprint density at radius 1 is 1.17 bits per heavy atom. The lowest BCUT2D eigenvalue weighted by Gasteiger charge is -2.26. The van der Waals surface area contributed by atoms with Crippen LogP contribution in [0.5, 0.6) is 17.2 Å². The van der Waals surface area contributed by atoms with Crippen molar-refractivity contribution in [3.05, 3.63) is 53.6 Å². The monoisotopic (exact) mass is 327 g/mol. The predicted octanol–water partition coefficient (Wildman–Crippen LogP) is 2.37. The zero-order valence-corrected chi connectivity index (χ0v) is 13.9. The lowest BCUT2D eigenvalue weighted by molar-refractivity contribution is -0.121. The molecule has 5 heteroatoms. The molecule has 2 aromatic carbocycles. The molecule has 1 aliphatic heterocycles. The molecule has 1 aliphatic rings. The number of ether oxygens (including phenoxy) is 3. The van der Waals surface area contributed by atoms with Gasteiger partial charge in [-0.1, -0.05) is 24.3 Å². The highest BCUT2D eigenvalue weighted by Gasteiger charge is 2.21. The van der Waals surface area contributed by atoms with Crippen LogP contribution in [0.25, 0.3) is 0 Å². The van der Waals surface area contributed by atoms with Crippen LogP contribution in [0, 0.1) is 0 Å². The van der Waals surface area contributed by atoms with Gasteiger partial charge in [0.25, 0.3) is 0 Å². The summed E-state index contributed by atoms with van der Waals surface area (Å²) < 4.78 is 16.2. The normalized spacial score (nSPS) is 15.8. The quantitative estimate of drug-likeness (QED) is 0.916. The summed E-state index contributed by atoms with van der Waals surface area (Å²) in [6, 6.07) is 13.4. The second-order valence-corrected chi connectivity index (χ2v) is 5.75. The van der Waals surface area contributed by atoms with E-state index in [1.54, 1.807) is 20.3 Å². The number of carbonyl (C=O) groups is 1. The largest absolute Gasteiger partial charge is 0.493 e. The van der Waals surface area contributed by atoms with Gasteiger partial charge >= 0.3 is 0 Å². The Labute approximate surface area is 141 Å². The van der Waals surface area contributed by atoms with Crippen LogP contribution in [0.2, 0.25) is 0 Å². The summed E-state index contributed by atoms with van der Waals surface area (Å²) in [5, 5.41) is 3.04. The maximum atomic E-state index is 12.3. The van der Waals surface area contributed by atoms with Gasteiger partial charge in [0.2, 0.25) is 5.91 Å². The summed E-state index contributed by atoms with van der Waals surface area (Å²) in [6.07, 6.45) is 1.08. The highest BCUT2D eigenvalue weighted by molar-refractivity contribution is 5.79. The van der Waals surface area contributed by atoms with Gasteiger partial charge in [-0.05, 0) is 35.7 Å². The van der Waals surface area contributed by atoms with Gasteiger partial charge in [-0.15, -0.1) is 0 Å². The molecule has 3 rings (SSSR count). The predicted molar refractivity (Wildman–Crippen MR) is 90.8 cm³/mol. The molecule has 0 fully saturated rings. The molecule has 126 valence electrons. The van der Waals surface area contributed by atoms with Gasteiger partial charge in [-0.25, -0.2) is 0 Å². The lowest BCUT2D eigenvalue weighted by atomic mass is 10.0. The Balaban J connectivity index is 1.60. The average molecular weight is 327 g/mol. The topological polar surface area (TPSA) is 56.8 Å². The number of fused-ring (bicyclic) bond motifs is 1. The highest BCUT2D eigenvalue weighted by Crippen LogP contribution is 2.28. The number of methoxy groups -OCH3 is 2. The molecule has 2 aromatic rings. The smallest absolute Gasteiger partial charge is 0.224 e. The first-order chi connectivity index (χ1) is 11.7. The fourth-order valence-corrected chi connectivity index (χ4v) is 2.88.